The Hall–Kier alpha value is -2.30. The first-order chi connectivity index (χ1) is 11.8. The Labute approximate surface area is 150 Å². The maximum atomic E-state index is 12.0. The Morgan fingerprint density at radius 1 is 0.760 bits per heavy atom. The van der Waals surface area contributed by atoms with Gasteiger partial charge < -0.3 is 0 Å². The average Bonchev–Trinajstić information content (AvgIpc) is 2.59. The molecule has 0 unspecified atom stereocenters. The topological polar surface area (TPSA) is 129 Å². The van der Waals surface area contributed by atoms with Crippen LogP contribution in [0.2, 0.25) is 9.88 Å². The third kappa shape index (κ3) is 5.92. The second-order valence-electron chi connectivity index (χ2n) is 5.71. The standard InChI is InChI=1S/2C7H7N2O2.2CH3.Sn/c2*8-6-3-1-5(2-4-6)7(10)9-11;;;/h2*1-4H,(H3-,8,9,10,11);2*1H3;/q2*-1;;;+2. The Kier molecular flexibility index (Phi) is 6.23. The third-order valence-electron chi connectivity index (χ3n) is 3.12. The molecule has 0 saturated carbocycles. The monoisotopic (exact) mass is 452 g/mol. The van der Waals surface area contributed by atoms with Gasteiger partial charge >= 0.3 is 150 Å². The Bertz CT molecular complexity index is 684. The van der Waals surface area contributed by atoms with Crippen molar-refractivity contribution < 1.29 is 15.9 Å². The van der Waals surface area contributed by atoms with Crippen LogP contribution in [0.4, 0.5) is 11.4 Å². The van der Waals surface area contributed by atoms with Gasteiger partial charge in [0.1, 0.15) is 0 Å². The van der Waals surface area contributed by atoms with Gasteiger partial charge in [0.2, 0.25) is 0 Å². The molecule has 2 aromatic rings. The number of anilines is 2. The molecule has 0 bridgehead atoms. The first-order valence-electron chi connectivity index (χ1n) is 7.44. The predicted octanol–water partition coefficient (Wildman–Crippen LogP) is 1.58. The fourth-order valence-corrected chi connectivity index (χ4v) is 3.80. The number of nitrogen functional groups attached to an aromatic ring is 2. The molecule has 0 atom stereocenters. The van der Waals surface area contributed by atoms with E-state index in [1.54, 1.807) is 58.4 Å². The molecule has 0 aliphatic heterocycles. The van der Waals surface area contributed by atoms with Crippen LogP contribution in [0.15, 0.2) is 48.5 Å². The van der Waals surface area contributed by atoms with Gasteiger partial charge in [-0.2, -0.15) is 0 Å². The van der Waals surface area contributed by atoms with Crippen LogP contribution in [0.1, 0.15) is 20.7 Å². The van der Waals surface area contributed by atoms with Crippen LogP contribution in [0, 0.1) is 0 Å². The summed E-state index contributed by atoms with van der Waals surface area (Å²) in [5.74, 6) is -0.837. The van der Waals surface area contributed by atoms with Crippen molar-refractivity contribution in [2.75, 3.05) is 11.5 Å². The van der Waals surface area contributed by atoms with Crippen LogP contribution in [0.5, 0.6) is 0 Å². The summed E-state index contributed by atoms with van der Waals surface area (Å²) in [5, 5.41) is 0. The van der Waals surface area contributed by atoms with Crippen molar-refractivity contribution in [2.45, 2.75) is 9.88 Å². The van der Waals surface area contributed by atoms with E-state index in [-0.39, 0.29) is 0 Å². The number of hydroxylamine groups is 2. The fraction of sp³-hybridized carbons (Fsp3) is 0.125. The maximum absolute atomic E-state index is 12.0. The molecule has 0 saturated heterocycles. The summed E-state index contributed by atoms with van der Waals surface area (Å²) >= 11 is -3.61. The Balaban J connectivity index is 1.84. The Morgan fingerprint density at radius 2 is 1.08 bits per heavy atom. The van der Waals surface area contributed by atoms with E-state index in [4.69, 9.17) is 17.8 Å². The number of carbonyl (C=O) groups excluding carboxylic acids is 2. The quantitative estimate of drug-likeness (QED) is 0.300. The van der Waals surface area contributed by atoms with Crippen LogP contribution >= 0.6 is 0 Å². The number of hydrogen-bond acceptors (Lipinski definition) is 6. The van der Waals surface area contributed by atoms with Gasteiger partial charge in [-0.3, -0.25) is 0 Å². The van der Waals surface area contributed by atoms with E-state index in [0.717, 1.165) is 0 Å². The fourth-order valence-electron chi connectivity index (χ4n) is 1.75. The number of rotatable bonds is 6. The minimum absolute atomic E-state index is 0.405. The molecule has 25 heavy (non-hydrogen) atoms. The Morgan fingerprint density at radius 3 is 1.40 bits per heavy atom. The van der Waals surface area contributed by atoms with Crippen molar-refractivity contribution >= 4 is 42.4 Å². The van der Waals surface area contributed by atoms with Crippen LogP contribution in [-0.4, -0.2) is 31.0 Å². The molecule has 0 radical (unpaired) electrons. The number of hydrogen-bond donors (Lipinski definition) is 4. The third-order valence-corrected chi connectivity index (χ3v) is 6.51. The van der Waals surface area contributed by atoms with Crippen molar-refractivity contribution in [3.05, 3.63) is 59.7 Å². The molecular weight excluding hydrogens is 431 g/mol. The molecule has 0 spiro atoms. The molecule has 6 N–H and O–H groups in total. The van der Waals surface area contributed by atoms with E-state index in [1.807, 2.05) is 0 Å². The summed E-state index contributed by atoms with van der Waals surface area (Å²) in [6.07, 6.45) is 0. The summed E-state index contributed by atoms with van der Waals surface area (Å²) < 4.78 is 10.8. The summed E-state index contributed by atoms with van der Waals surface area (Å²) in [6.45, 7) is 0. The molecule has 2 aromatic carbocycles. The molecule has 0 heterocycles. The van der Waals surface area contributed by atoms with Crippen LogP contribution in [-0.2, 0) is 6.35 Å². The second kappa shape index (κ2) is 8.19. The number of benzene rings is 2. The van der Waals surface area contributed by atoms with Crippen molar-refractivity contribution in [2.24, 2.45) is 0 Å². The summed E-state index contributed by atoms with van der Waals surface area (Å²) in [7, 11) is 0. The van der Waals surface area contributed by atoms with Crippen molar-refractivity contribution in [3.8, 4) is 0 Å². The van der Waals surface area contributed by atoms with Crippen LogP contribution in [0.25, 0.3) is 0 Å². The van der Waals surface area contributed by atoms with Crippen molar-refractivity contribution in [3.63, 3.8) is 0 Å². The molecule has 0 aromatic heterocycles. The predicted molar refractivity (Wildman–Crippen MR) is 96.3 cm³/mol. The van der Waals surface area contributed by atoms with Gasteiger partial charge in [-0.15, -0.1) is 0 Å². The first-order valence-corrected chi connectivity index (χ1v) is 15.5. The molecule has 2 amide bonds. The number of amides is 2. The van der Waals surface area contributed by atoms with Gasteiger partial charge in [0.25, 0.3) is 0 Å². The van der Waals surface area contributed by atoms with E-state index in [2.05, 4.69) is 11.0 Å². The van der Waals surface area contributed by atoms with E-state index in [1.165, 1.54) is 0 Å². The molecule has 8 nitrogen and oxygen atoms in total. The summed E-state index contributed by atoms with van der Waals surface area (Å²) in [4.78, 5) is 27.5. The summed E-state index contributed by atoms with van der Waals surface area (Å²) in [5.41, 5.74) is 17.8. The zero-order valence-electron chi connectivity index (χ0n) is 13.9. The zero-order chi connectivity index (χ0) is 18.4. The van der Waals surface area contributed by atoms with Crippen molar-refractivity contribution in [1.29, 1.82) is 0 Å². The number of carbonyl (C=O) groups is 2. The minimum atomic E-state index is -3.61. The molecule has 0 aliphatic carbocycles. The molecule has 9 heteroatoms. The first kappa shape index (κ1) is 19.0. The normalized spacial score (nSPS) is 11.0. The molecule has 0 fully saturated rings. The zero-order valence-corrected chi connectivity index (χ0v) is 16.8. The van der Waals surface area contributed by atoms with Gasteiger partial charge in [-0.25, -0.2) is 0 Å². The van der Waals surface area contributed by atoms with E-state index in [0.29, 0.717) is 22.5 Å². The van der Waals surface area contributed by atoms with E-state index < -0.39 is 31.0 Å². The van der Waals surface area contributed by atoms with Gasteiger partial charge in [0.15, 0.2) is 0 Å². The number of nitrogens with two attached hydrogens (primary N) is 2. The molecule has 2 rings (SSSR count). The molecule has 132 valence electrons. The van der Waals surface area contributed by atoms with E-state index in [9.17, 15) is 9.59 Å². The van der Waals surface area contributed by atoms with Gasteiger partial charge in [0, 0.05) is 0 Å². The molecule has 0 aliphatic rings. The van der Waals surface area contributed by atoms with E-state index >= 15 is 0 Å². The van der Waals surface area contributed by atoms with Gasteiger partial charge in [-0.05, 0) is 0 Å². The van der Waals surface area contributed by atoms with Gasteiger partial charge in [0.05, 0.1) is 0 Å². The van der Waals surface area contributed by atoms with Crippen LogP contribution in [0.3, 0.4) is 0 Å². The average molecular weight is 451 g/mol. The molecular formula is C16H20N4O4Sn. The second-order valence-corrected chi connectivity index (χ2v) is 14.9. The van der Waals surface area contributed by atoms with Crippen molar-refractivity contribution in [1.82, 2.24) is 11.0 Å². The van der Waals surface area contributed by atoms with Gasteiger partial charge in [-0.1, -0.05) is 0 Å². The summed E-state index contributed by atoms with van der Waals surface area (Å²) in [6, 6.07) is 12.8. The van der Waals surface area contributed by atoms with Crippen LogP contribution < -0.4 is 22.4 Å². The SMILES string of the molecule is [CH3][Sn]([CH3])([O]NC(=O)c1ccc(N)cc1)[O]NC(=O)c1ccc(N)cc1. The number of nitrogens with one attached hydrogen (secondary N) is 2.